The molecule has 2 unspecified atom stereocenters. The molecule has 4 rings (SSSR count). The average molecular weight is 540 g/mol. The molecule has 1 aliphatic heterocycles. The first-order valence-electron chi connectivity index (χ1n) is 14.3. The highest BCUT2D eigenvalue weighted by molar-refractivity contribution is 5.91. The number of amides is 2. The molecule has 1 fully saturated rings. The van der Waals surface area contributed by atoms with Gasteiger partial charge in [0.1, 0.15) is 11.6 Å². The van der Waals surface area contributed by atoms with Gasteiger partial charge in [0, 0.05) is 42.5 Å². The number of ether oxygens (including phenoxy) is 2. The lowest BCUT2D eigenvalue weighted by Gasteiger charge is -2.44. The summed E-state index contributed by atoms with van der Waals surface area (Å²) in [4.78, 5) is 46.9. The van der Waals surface area contributed by atoms with Crippen molar-refractivity contribution < 1.29 is 23.9 Å². The van der Waals surface area contributed by atoms with E-state index in [0.29, 0.717) is 24.8 Å². The molecule has 1 aromatic heterocycles. The first kappa shape index (κ1) is 29.0. The highest BCUT2D eigenvalue weighted by atomic mass is 16.6. The van der Waals surface area contributed by atoms with E-state index in [-0.39, 0.29) is 29.9 Å². The van der Waals surface area contributed by atoms with Gasteiger partial charge in [-0.3, -0.25) is 4.79 Å². The van der Waals surface area contributed by atoms with E-state index in [9.17, 15) is 14.4 Å². The van der Waals surface area contributed by atoms with Crippen LogP contribution < -0.4 is 0 Å². The zero-order valence-electron chi connectivity index (χ0n) is 24.6. The summed E-state index contributed by atoms with van der Waals surface area (Å²) in [5, 5.41) is 1.11. The molecule has 0 radical (unpaired) electrons. The van der Waals surface area contributed by atoms with Gasteiger partial charge in [-0.25, -0.2) is 9.59 Å². The van der Waals surface area contributed by atoms with Crippen molar-refractivity contribution in [2.45, 2.75) is 90.8 Å². The van der Waals surface area contributed by atoms with Crippen LogP contribution in [0, 0.1) is 17.8 Å². The molecule has 214 valence electrons. The molecule has 1 saturated carbocycles. The Kier molecular flexibility index (Phi) is 8.62. The van der Waals surface area contributed by atoms with Crippen molar-refractivity contribution in [3.8, 4) is 0 Å². The van der Waals surface area contributed by atoms with Crippen molar-refractivity contribution in [1.29, 1.82) is 0 Å². The molecule has 0 bridgehead atoms. The summed E-state index contributed by atoms with van der Waals surface area (Å²) in [7, 11) is 3.17. The van der Waals surface area contributed by atoms with E-state index < -0.39 is 11.6 Å². The van der Waals surface area contributed by atoms with Gasteiger partial charge in [-0.2, -0.15) is 0 Å². The number of carbonyl (C=O) groups excluding carboxylic acids is 3. The Morgan fingerprint density at radius 2 is 1.77 bits per heavy atom. The van der Waals surface area contributed by atoms with Crippen LogP contribution >= 0.6 is 0 Å². The van der Waals surface area contributed by atoms with Crippen LogP contribution in [0.4, 0.5) is 4.79 Å². The van der Waals surface area contributed by atoms with Gasteiger partial charge in [-0.15, -0.1) is 0 Å². The second-order valence-corrected chi connectivity index (χ2v) is 12.8. The van der Waals surface area contributed by atoms with Gasteiger partial charge in [0.25, 0.3) is 0 Å². The summed E-state index contributed by atoms with van der Waals surface area (Å²) < 4.78 is 10.7. The molecule has 2 aromatic rings. The number of fused-ring (bicyclic) bond motifs is 3. The van der Waals surface area contributed by atoms with Gasteiger partial charge >= 0.3 is 12.1 Å². The first-order chi connectivity index (χ1) is 18.4. The number of aromatic amines is 1. The Bertz CT molecular complexity index is 1190. The second kappa shape index (κ2) is 11.6. The largest absolute Gasteiger partial charge is 0.467 e. The fourth-order valence-electron chi connectivity index (χ4n) is 6.30. The van der Waals surface area contributed by atoms with Gasteiger partial charge in [0.05, 0.1) is 13.2 Å². The predicted molar refractivity (Wildman–Crippen MR) is 151 cm³/mol. The van der Waals surface area contributed by atoms with Crippen molar-refractivity contribution in [2.24, 2.45) is 17.8 Å². The van der Waals surface area contributed by atoms with Crippen LogP contribution in [0.2, 0.25) is 0 Å². The van der Waals surface area contributed by atoms with E-state index in [2.05, 4.69) is 31.0 Å². The predicted octanol–water partition coefficient (Wildman–Crippen LogP) is 5.85. The summed E-state index contributed by atoms with van der Waals surface area (Å²) in [6.07, 6.45) is 4.07. The standard InChI is InChI=1S/C31H45N3O5/c1-19(2)16-25-27-23(22-10-8-9-11-24(22)32-27)17-26(29(36)38-7)34(25)28(35)21-14-12-20(13-15-21)18-33(6)30(37)39-31(3,4)5/h8-11,19-21,25-26,32H,12-18H2,1-7H3. The summed E-state index contributed by atoms with van der Waals surface area (Å²) in [6, 6.07) is 7.29. The molecule has 1 aliphatic carbocycles. The number of hydrogen-bond donors (Lipinski definition) is 1. The Morgan fingerprint density at radius 1 is 1.10 bits per heavy atom. The molecule has 8 nitrogen and oxygen atoms in total. The van der Waals surface area contributed by atoms with E-state index >= 15 is 0 Å². The maximum atomic E-state index is 14.2. The monoisotopic (exact) mass is 539 g/mol. The first-order valence-corrected chi connectivity index (χ1v) is 14.3. The maximum absolute atomic E-state index is 14.2. The molecule has 0 spiro atoms. The fourth-order valence-corrected chi connectivity index (χ4v) is 6.30. The Morgan fingerprint density at radius 3 is 2.38 bits per heavy atom. The van der Waals surface area contributed by atoms with Crippen molar-refractivity contribution in [3.05, 3.63) is 35.5 Å². The maximum Gasteiger partial charge on any atom is 0.410 e. The van der Waals surface area contributed by atoms with E-state index in [1.807, 2.05) is 37.8 Å². The molecule has 8 heteroatoms. The number of aromatic nitrogens is 1. The number of rotatable bonds is 6. The molecule has 2 amide bonds. The van der Waals surface area contributed by atoms with E-state index in [0.717, 1.165) is 54.3 Å². The van der Waals surface area contributed by atoms with Crippen molar-refractivity contribution in [3.63, 3.8) is 0 Å². The SMILES string of the molecule is COC(=O)C1Cc2c([nH]c3ccccc23)C(CC(C)C)N1C(=O)C1CCC(CN(C)C(=O)OC(C)(C)C)CC1. The Hall–Kier alpha value is -3.03. The molecule has 1 aromatic carbocycles. The normalized spacial score (nSPS) is 23.4. The third-order valence-electron chi connectivity index (χ3n) is 8.10. The number of methoxy groups -OCH3 is 1. The van der Waals surface area contributed by atoms with Gasteiger partial charge in [0.2, 0.25) is 5.91 Å². The Labute approximate surface area is 232 Å². The highest BCUT2D eigenvalue weighted by Gasteiger charge is 2.45. The van der Waals surface area contributed by atoms with Crippen LogP contribution in [0.15, 0.2) is 24.3 Å². The Balaban J connectivity index is 1.53. The van der Waals surface area contributed by atoms with Gasteiger partial charge < -0.3 is 24.3 Å². The van der Waals surface area contributed by atoms with E-state index in [1.54, 1.807) is 11.9 Å². The molecular formula is C31H45N3O5. The lowest BCUT2D eigenvalue weighted by atomic mass is 9.79. The van der Waals surface area contributed by atoms with Crippen molar-refractivity contribution >= 4 is 28.9 Å². The number of nitrogens with zero attached hydrogens (tertiary/aromatic N) is 2. The number of H-pyrrole nitrogens is 1. The second-order valence-electron chi connectivity index (χ2n) is 12.8. The molecule has 2 atom stereocenters. The summed E-state index contributed by atoms with van der Waals surface area (Å²) in [6.45, 7) is 10.5. The molecule has 2 heterocycles. The molecular weight excluding hydrogens is 494 g/mol. The summed E-state index contributed by atoms with van der Waals surface area (Å²) in [5.74, 6) is 0.178. The third-order valence-corrected chi connectivity index (χ3v) is 8.10. The molecule has 39 heavy (non-hydrogen) atoms. The fraction of sp³-hybridized carbons (Fsp3) is 0.645. The minimum atomic E-state index is -0.644. The van der Waals surface area contributed by atoms with Gasteiger partial charge in [-0.1, -0.05) is 32.0 Å². The molecule has 0 saturated heterocycles. The van der Waals surface area contributed by atoms with Crippen LogP contribution in [0.25, 0.3) is 10.9 Å². The summed E-state index contributed by atoms with van der Waals surface area (Å²) in [5.41, 5.74) is 2.66. The number of carbonyl (C=O) groups is 3. The minimum absolute atomic E-state index is 0.0410. The van der Waals surface area contributed by atoms with Crippen molar-refractivity contribution in [2.75, 3.05) is 20.7 Å². The summed E-state index contributed by atoms with van der Waals surface area (Å²) >= 11 is 0. The number of hydrogen-bond acceptors (Lipinski definition) is 5. The number of esters is 1. The highest BCUT2D eigenvalue weighted by Crippen LogP contribution is 2.43. The smallest absolute Gasteiger partial charge is 0.410 e. The minimum Gasteiger partial charge on any atom is -0.467 e. The topological polar surface area (TPSA) is 91.9 Å². The number of nitrogens with one attached hydrogen (secondary N) is 1. The van der Waals surface area contributed by atoms with E-state index in [4.69, 9.17) is 9.47 Å². The van der Waals surface area contributed by atoms with E-state index in [1.165, 1.54) is 7.11 Å². The van der Waals surface area contributed by atoms with Crippen LogP contribution in [0.5, 0.6) is 0 Å². The van der Waals surface area contributed by atoms with Crippen LogP contribution in [-0.2, 0) is 25.5 Å². The van der Waals surface area contributed by atoms with Gasteiger partial charge in [-0.05, 0) is 76.3 Å². The quantitative estimate of drug-likeness (QED) is 0.465. The lowest BCUT2D eigenvalue weighted by Crippen LogP contribution is -2.54. The van der Waals surface area contributed by atoms with Crippen LogP contribution in [-0.4, -0.2) is 65.1 Å². The molecule has 2 aliphatic rings. The lowest BCUT2D eigenvalue weighted by molar-refractivity contribution is -0.159. The van der Waals surface area contributed by atoms with Gasteiger partial charge in [0.15, 0.2) is 0 Å². The zero-order chi connectivity index (χ0) is 28.5. The van der Waals surface area contributed by atoms with Crippen LogP contribution in [0.1, 0.15) is 84.0 Å². The van der Waals surface area contributed by atoms with Crippen molar-refractivity contribution in [1.82, 2.24) is 14.8 Å². The van der Waals surface area contributed by atoms with Crippen LogP contribution in [0.3, 0.4) is 0 Å². The molecule has 1 N–H and O–H groups in total. The number of benzene rings is 1. The average Bonchev–Trinajstić information content (AvgIpc) is 3.25. The zero-order valence-corrected chi connectivity index (χ0v) is 24.6. The third kappa shape index (κ3) is 6.42. The number of para-hydroxylation sites is 1.